The van der Waals surface area contributed by atoms with Crippen LogP contribution in [0.2, 0.25) is 0 Å². The van der Waals surface area contributed by atoms with Gasteiger partial charge in [0.15, 0.2) is 0 Å². The summed E-state index contributed by atoms with van der Waals surface area (Å²) in [6, 6.07) is 21.8. The number of nitrogens with one attached hydrogen (secondary N) is 1. The predicted octanol–water partition coefficient (Wildman–Crippen LogP) is 4.21. The van der Waals surface area contributed by atoms with Crippen LogP contribution in [0.25, 0.3) is 0 Å². The normalized spacial score (nSPS) is 16.0. The summed E-state index contributed by atoms with van der Waals surface area (Å²) < 4.78 is 16.7. The van der Waals surface area contributed by atoms with Gasteiger partial charge in [0.05, 0.1) is 19.3 Å². The van der Waals surface area contributed by atoms with E-state index in [0.29, 0.717) is 32.6 Å². The van der Waals surface area contributed by atoms with Crippen LogP contribution in [-0.2, 0) is 38.6 Å². The zero-order chi connectivity index (χ0) is 31.3. The van der Waals surface area contributed by atoms with Gasteiger partial charge in [0, 0.05) is 13.0 Å². The maximum absolute atomic E-state index is 14.1. The van der Waals surface area contributed by atoms with Crippen molar-refractivity contribution in [3.63, 3.8) is 0 Å². The zero-order valence-electron chi connectivity index (χ0n) is 25.6. The molecule has 0 aliphatic carbocycles. The first-order valence-corrected chi connectivity index (χ1v) is 15.4. The number of nitrogens with zero attached hydrogens (tertiary/aromatic N) is 1. The number of rotatable bonds is 14. The standard InChI is InChI=1S/C35H43N3O6/c1-3-42-28-17-13-25(14-18-28)22-30(36)33(39)37-31(23-26-15-19-29(20-16-26)43-4-2)34(40)38-21-9-8-12-32(38)35(41)44-24-27-10-6-5-7-11-27/h5-7,10-11,13-20,30-32H,3-4,8-9,12,21-24,36H2,1-2H3,(H,37,39)/t30-,31-,32+/m0/s1. The number of hydrogen-bond acceptors (Lipinski definition) is 7. The average Bonchev–Trinajstić information content (AvgIpc) is 3.05. The smallest absolute Gasteiger partial charge is 0.329 e. The Bertz CT molecular complexity index is 1350. The van der Waals surface area contributed by atoms with E-state index in [9.17, 15) is 14.4 Å². The number of benzene rings is 3. The number of nitrogens with two attached hydrogens (primary N) is 1. The first kappa shape index (κ1) is 32.5. The van der Waals surface area contributed by atoms with Crippen LogP contribution in [0.3, 0.4) is 0 Å². The van der Waals surface area contributed by atoms with Crippen LogP contribution in [0.5, 0.6) is 11.5 Å². The van der Waals surface area contributed by atoms with Gasteiger partial charge in [0.1, 0.15) is 30.2 Å². The Morgan fingerprint density at radius 1 is 0.818 bits per heavy atom. The van der Waals surface area contributed by atoms with Crippen molar-refractivity contribution in [1.82, 2.24) is 10.2 Å². The Balaban J connectivity index is 1.49. The SMILES string of the molecule is CCOc1ccc(C[C@H](NC(=O)[C@@H](N)Cc2ccc(OCC)cc2)C(=O)N2CCCC[C@@H]2C(=O)OCc2ccccc2)cc1. The fourth-order valence-corrected chi connectivity index (χ4v) is 5.30. The van der Waals surface area contributed by atoms with Gasteiger partial charge in [-0.3, -0.25) is 9.59 Å². The molecule has 44 heavy (non-hydrogen) atoms. The van der Waals surface area contributed by atoms with Gasteiger partial charge in [-0.25, -0.2) is 4.79 Å². The third-order valence-corrected chi connectivity index (χ3v) is 7.60. The highest BCUT2D eigenvalue weighted by Crippen LogP contribution is 2.22. The lowest BCUT2D eigenvalue weighted by Crippen LogP contribution is -2.58. The summed E-state index contributed by atoms with van der Waals surface area (Å²) in [4.78, 5) is 42.3. The van der Waals surface area contributed by atoms with E-state index in [-0.39, 0.29) is 18.9 Å². The van der Waals surface area contributed by atoms with E-state index in [4.69, 9.17) is 19.9 Å². The molecule has 2 amide bonds. The molecule has 1 saturated heterocycles. The highest BCUT2D eigenvalue weighted by atomic mass is 16.5. The molecule has 234 valence electrons. The van der Waals surface area contributed by atoms with Crippen LogP contribution >= 0.6 is 0 Å². The number of hydrogen-bond donors (Lipinski definition) is 2. The molecule has 9 heteroatoms. The van der Waals surface area contributed by atoms with E-state index in [2.05, 4.69) is 5.32 Å². The molecule has 0 bridgehead atoms. The first-order valence-electron chi connectivity index (χ1n) is 15.4. The minimum atomic E-state index is -0.922. The highest BCUT2D eigenvalue weighted by molar-refractivity contribution is 5.92. The Morgan fingerprint density at radius 3 is 2.00 bits per heavy atom. The van der Waals surface area contributed by atoms with Crippen LogP contribution in [0, 0.1) is 0 Å². The minimum absolute atomic E-state index is 0.130. The Labute approximate surface area is 259 Å². The van der Waals surface area contributed by atoms with E-state index in [1.165, 1.54) is 0 Å². The zero-order valence-corrected chi connectivity index (χ0v) is 25.6. The lowest BCUT2D eigenvalue weighted by molar-refractivity contribution is -0.159. The molecule has 0 radical (unpaired) electrons. The van der Waals surface area contributed by atoms with Gasteiger partial charge >= 0.3 is 5.97 Å². The van der Waals surface area contributed by atoms with Gasteiger partial charge in [0.25, 0.3) is 0 Å². The van der Waals surface area contributed by atoms with Gasteiger partial charge < -0.3 is 30.2 Å². The fraction of sp³-hybridized carbons (Fsp3) is 0.400. The molecule has 9 nitrogen and oxygen atoms in total. The van der Waals surface area contributed by atoms with Gasteiger partial charge in [-0.15, -0.1) is 0 Å². The number of likely N-dealkylation sites (tertiary alicyclic amines) is 1. The summed E-state index contributed by atoms with van der Waals surface area (Å²) in [6.45, 7) is 5.46. The highest BCUT2D eigenvalue weighted by Gasteiger charge is 2.37. The van der Waals surface area contributed by atoms with Crippen LogP contribution in [0.1, 0.15) is 49.8 Å². The molecular formula is C35H43N3O6. The van der Waals surface area contributed by atoms with Crippen molar-refractivity contribution < 1.29 is 28.6 Å². The Morgan fingerprint density at radius 2 is 1.41 bits per heavy atom. The average molecular weight is 602 g/mol. The first-order chi connectivity index (χ1) is 21.4. The molecule has 3 atom stereocenters. The Hall–Kier alpha value is -4.37. The molecule has 1 aliphatic rings. The van der Waals surface area contributed by atoms with E-state index < -0.39 is 30.0 Å². The molecule has 1 heterocycles. The largest absolute Gasteiger partial charge is 0.494 e. The summed E-state index contributed by atoms with van der Waals surface area (Å²) in [7, 11) is 0. The molecule has 1 aliphatic heterocycles. The second-order valence-electron chi connectivity index (χ2n) is 10.9. The summed E-state index contributed by atoms with van der Waals surface area (Å²) >= 11 is 0. The second-order valence-corrected chi connectivity index (χ2v) is 10.9. The molecule has 1 fully saturated rings. The number of ether oxygens (including phenoxy) is 3. The number of esters is 1. The predicted molar refractivity (Wildman–Crippen MR) is 168 cm³/mol. The van der Waals surface area contributed by atoms with E-state index in [0.717, 1.165) is 41.0 Å². The minimum Gasteiger partial charge on any atom is -0.494 e. The molecule has 3 N–H and O–H groups in total. The van der Waals surface area contributed by atoms with Gasteiger partial charge in [-0.2, -0.15) is 0 Å². The lowest BCUT2D eigenvalue weighted by Gasteiger charge is -2.36. The molecule has 0 saturated carbocycles. The molecule has 0 unspecified atom stereocenters. The van der Waals surface area contributed by atoms with Crippen molar-refractivity contribution >= 4 is 17.8 Å². The van der Waals surface area contributed by atoms with Crippen LogP contribution < -0.4 is 20.5 Å². The Kier molecular flexibility index (Phi) is 12.2. The fourth-order valence-electron chi connectivity index (χ4n) is 5.30. The molecule has 3 aromatic rings. The maximum Gasteiger partial charge on any atom is 0.329 e. The molecule has 3 aromatic carbocycles. The van der Waals surface area contributed by atoms with Gasteiger partial charge in [-0.1, -0.05) is 54.6 Å². The van der Waals surface area contributed by atoms with Gasteiger partial charge in [-0.05, 0) is 80.5 Å². The van der Waals surface area contributed by atoms with E-state index in [1.807, 2.05) is 92.7 Å². The van der Waals surface area contributed by atoms with Crippen molar-refractivity contribution in [1.29, 1.82) is 0 Å². The third-order valence-electron chi connectivity index (χ3n) is 7.60. The molecule has 0 aromatic heterocycles. The van der Waals surface area contributed by atoms with Crippen LogP contribution in [0.4, 0.5) is 0 Å². The second kappa shape index (κ2) is 16.5. The summed E-state index contributed by atoms with van der Waals surface area (Å²) in [5.74, 6) is 0.247. The van der Waals surface area contributed by atoms with Crippen molar-refractivity contribution in [2.24, 2.45) is 5.73 Å². The summed E-state index contributed by atoms with van der Waals surface area (Å²) in [5.41, 5.74) is 8.92. The van der Waals surface area contributed by atoms with E-state index >= 15 is 0 Å². The maximum atomic E-state index is 14.1. The van der Waals surface area contributed by atoms with Crippen molar-refractivity contribution in [3.8, 4) is 11.5 Å². The number of piperidine rings is 1. The summed E-state index contributed by atoms with van der Waals surface area (Å²) in [6.07, 6.45) is 2.59. The van der Waals surface area contributed by atoms with Crippen molar-refractivity contribution in [2.75, 3.05) is 19.8 Å². The third kappa shape index (κ3) is 9.31. The van der Waals surface area contributed by atoms with Crippen LogP contribution in [-0.4, -0.2) is 60.6 Å². The lowest BCUT2D eigenvalue weighted by atomic mass is 9.98. The molecular weight excluding hydrogens is 558 g/mol. The molecule has 4 rings (SSSR count). The van der Waals surface area contributed by atoms with Crippen LogP contribution in [0.15, 0.2) is 78.9 Å². The summed E-state index contributed by atoms with van der Waals surface area (Å²) in [5, 5.41) is 2.91. The number of carbonyl (C=O) groups is 3. The quantitative estimate of drug-likeness (QED) is 0.266. The monoisotopic (exact) mass is 601 g/mol. The van der Waals surface area contributed by atoms with Crippen molar-refractivity contribution in [3.05, 3.63) is 95.6 Å². The van der Waals surface area contributed by atoms with Crippen molar-refractivity contribution in [2.45, 2.75) is 70.7 Å². The molecule has 0 spiro atoms. The van der Waals surface area contributed by atoms with E-state index in [1.54, 1.807) is 4.90 Å². The van der Waals surface area contributed by atoms with Gasteiger partial charge in [0.2, 0.25) is 11.8 Å². The number of carbonyl (C=O) groups excluding carboxylic acids is 3. The topological polar surface area (TPSA) is 120 Å². The number of amides is 2.